The molecule has 1 aromatic rings. The largest absolute Gasteiger partial charge is 0.458 e. The van der Waals surface area contributed by atoms with Crippen molar-refractivity contribution in [1.82, 2.24) is 4.98 Å². The highest BCUT2D eigenvalue weighted by Gasteiger charge is 2.60. The monoisotopic (exact) mass is 501 g/mol. The van der Waals surface area contributed by atoms with E-state index in [0.29, 0.717) is 11.8 Å². The molecule has 2 heterocycles. The number of hydrogen-bond acceptors (Lipinski definition) is 6. The van der Waals surface area contributed by atoms with Crippen LogP contribution in [0, 0.1) is 47.8 Å². The van der Waals surface area contributed by atoms with Crippen molar-refractivity contribution in [1.29, 1.82) is 0 Å². The van der Waals surface area contributed by atoms with Crippen molar-refractivity contribution in [3.63, 3.8) is 0 Å². The van der Waals surface area contributed by atoms with Gasteiger partial charge in [-0.1, -0.05) is 40.5 Å². The first-order valence-corrected chi connectivity index (χ1v) is 14.4. The molecule has 4 rings (SSSR count). The zero-order valence-electron chi connectivity index (χ0n) is 22.3. The number of esters is 1. The van der Waals surface area contributed by atoms with Gasteiger partial charge < -0.3 is 9.84 Å². The summed E-state index contributed by atoms with van der Waals surface area (Å²) < 4.78 is 6.05. The average Bonchev–Trinajstić information content (AvgIpc) is 3.36. The van der Waals surface area contributed by atoms with Crippen LogP contribution in [0.5, 0.6) is 0 Å². The molecule has 5 nitrogen and oxygen atoms in total. The summed E-state index contributed by atoms with van der Waals surface area (Å²) >= 11 is 1.61. The number of ketones is 1. The van der Waals surface area contributed by atoms with Crippen LogP contribution in [-0.4, -0.2) is 34.1 Å². The average molecular weight is 502 g/mol. The van der Waals surface area contributed by atoms with Gasteiger partial charge in [0, 0.05) is 11.3 Å². The maximum atomic E-state index is 13.2. The Hall–Kier alpha value is -1.53. The molecular formula is C29H43NO4S. The van der Waals surface area contributed by atoms with Crippen molar-refractivity contribution in [3.05, 3.63) is 21.7 Å². The minimum Gasteiger partial charge on any atom is -0.458 e. The Bertz CT molecular complexity index is 966. The number of aryl methyl sites for hydroxylation is 1. The summed E-state index contributed by atoms with van der Waals surface area (Å²) in [5.41, 5.74) is 0.908. The number of fused-ring (bicyclic) bond motifs is 4. The number of thiazole rings is 1. The standard InChI is InChI=1S/C29H43NO4S/c1-16-8-7-9-21-22-12-23(22)24(21)13-25(17(2)11-20-15-35-19(4)30-20)34-27(32)14-26(31)29(5,6)28(33)18(3)10-16/h11,15-16,18,21-26,31H,7-10,12-14H2,1-6H3/b17-11+/t16?,18?,21?,22?,23-,24?,25?,26?/m0/s1. The summed E-state index contributed by atoms with van der Waals surface area (Å²) in [4.78, 5) is 30.8. The SMILES string of the molecule is C/C(=C\c1csc(C)n1)C1CC2C(CCCC(C)CC(C)C(=O)C(C)(C)C(O)CC(=O)O1)C1C[C@H]21. The number of ether oxygens (including phenoxy) is 1. The Balaban J connectivity index is 1.56. The van der Waals surface area contributed by atoms with Crippen molar-refractivity contribution >= 4 is 29.2 Å². The first kappa shape index (κ1) is 26.5. The van der Waals surface area contributed by atoms with Gasteiger partial charge in [-0.2, -0.15) is 0 Å². The normalized spacial score (nSPS) is 38.7. The molecule has 0 amide bonds. The summed E-state index contributed by atoms with van der Waals surface area (Å²) in [6, 6.07) is 0. The third kappa shape index (κ3) is 5.90. The number of cyclic esters (lactones) is 1. The molecular weight excluding hydrogens is 458 g/mol. The van der Waals surface area contributed by atoms with E-state index in [1.807, 2.05) is 32.2 Å². The lowest BCUT2D eigenvalue weighted by molar-refractivity contribution is -0.154. The number of aliphatic hydroxyl groups excluding tert-OH is 1. The van der Waals surface area contributed by atoms with Gasteiger partial charge >= 0.3 is 5.97 Å². The zero-order valence-corrected chi connectivity index (χ0v) is 23.1. The van der Waals surface area contributed by atoms with Gasteiger partial charge in [0.1, 0.15) is 11.9 Å². The van der Waals surface area contributed by atoms with E-state index in [1.165, 1.54) is 19.3 Å². The molecule has 0 aromatic carbocycles. The smallest absolute Gasteiger partial charge is 0.309 e. The highest BCUT2D eigenvalue weighted by Crippen LogP contribution is 2.67. The van der Waals surface area contributed by atoms with Crippen LogP contribution in [-0.2, 0) is 14.3 Å². The lowest BCUT2D eigenvalue weighted by atomic mass is 9.68. The molecule has 35 heavy (non-hydrogen) atoms. The van der Waals surface area contributed by atoms with Gasteiger partial charge in [0.25, 0.3) is 0 Å². The second-order valence-electron chi connectivity index (χ2n) is 12.3. The summed E-state index contributed by atoms with van der Waals surface area (Å²) in [5, 5.41) is 14.0. The number of carbonyl (C=O) groups is 2. The fraction of sp³-hybridized carbons (Fsp3) is 0.759. The molecule has 1 aliphatic heterocycles. The second kappa shape index (κ2) is 10.5. The minimum atomic E-state index is -1.07. The predicted molar refractivity (Wildman–Crippen MR) is 140 cm³/mol. The molecule has 2 aliphatic carbocycles. The fourth-order valence-corrected chi connectivity index (χ4v) is 7.35. The van der Waals surface area contributed by atoms with Gasteiger partial charge in [0.05, 0.1) is 28.6 Å². The van der Waals surface area contributed by atoms with E-state index in [9.17, 15) is 14.7 Å². The minimum absolute atomic E-state index is 0.0307. The van der Waals surface area contributed by atoms with E-state index in [4.69, 9.17) is 4.74 Å². The van der Waals surface area contributed by atoms with Crippen LogP contribution in [0.15, 0.2) is 11.0 Å². The van der Waals surface area contributed by atoms with E-state index in [1.54, 1.807) is 25.2 Å². The third-order valence-electron chi connectivity index (χ3n) is 9.09. The molecule has 1 N–H and O–H groups in total. The molecule has 2 saturated carbocycles. The molecule has 3 aliphatic rings. The molecule has 3 fully saturated rings. The molecule has 0 radical (unpaired) electrons. The van der Waals surface area contributed by atoms with Gasteiger partial charge in [-0.05, 0) is 80.8 Å². The van der Waals surface area contributed by atoms with Gasteiger partial charge in [-0.15, -0.1) is 11.3 Å². The topological polar surface area (TPSA) is 76.5 Å². The summed E-state index contributed by atoms with van der Waals surface area (Å²) in [7, 11) is 0. The van der Waals surface area contributed by atoms with Crippen LogP contribution in [0.25, 0.3) is 6.08 Å². The van der Waals surface area contributed by atoms with Crippen LogP contribution in [0.4, 0.5) is 0 Å². The Morgan fingerprint density at radius 3 is 2.49 bits per heavy atom. The third-order valence-corrected chi connectivity index (χ3v) is 9.88. The van der Waals surface area contributed by atoms with Crippen LogP contribution in [0.1, 0.15) is 90.3 Å². The van der Waals surface area contributed by atoms with Crippen molar-refractivity contribution in [2.24, 2.45) is 40.9 Å². The van der Waals surface area contributed by atoms with Crippen molar-refractivity contribution in [3.8, 4) is 0 Å². The highest BCUT2D eigenvalue weighted by atomic mass is 32.1. The summed E-state index contributed by atoms with van der Waals surface area (Å²) in [6.07, 6.45) is 7.04. The first-order valence-electron chi connectivity index (χ1n) is 13.5. The Kier molecular flexibility index (Phi) is 7.92. The predicted octanol–water partition coefficient (Wildman–Crippen LogP) is 6.23. The molecule has 7 unspecified atom stereocenters. The van der Waals surface area contributed by atoms with Crippen molar-refractivity contribution in [2.75, 3.05) is 0 Å². The van der Waals surface area contributed by atoms with E-state index < -0.39 is 17.5 Å². The molecule has 8 atom stereocenters. The zero-order chi connectivity index (χ0) is 25.5. The highest BCUT2D eigenvalue weighted by molar-refractivity contribution is 7.09. The van der Waals surface area contributed by atoms with Crippen LogP contribution >= 0.6 is 11.3 Å². The number of nitrogens with zero attached hydrogens (tertiary/aromatic N) is 1. The Labute approximate surface area is 214 Å². The van der Waals surface area contributed by atoms with Crippen LogP contribution in [0.2, 0.25) is 0 Å². The number of Topliss-reactive ketones (excluding diaryl/α,β-unsaturated/α-hetero) is 1. The van der Waals surface area contributed by atoms with E-state index in [0.717, 1.165) is 53.3 Å². The lowest BCUT2D eigenvalue weighted by Gasteiger charge is -2.39. The number of hydrogen-bond donors (Lipinski definition) is 1. The van der Waals surface area contributed by atoms with E-state index in [-0.39, 0.29) is 24.2 Å². The maximum Gasteiger partial charge on any atom is 0.309 e. The number of rotatable bonds is 2. The maximum absolute atomic E-state index is 13.2. The fourth-order valence-electron chi connectivity index (χ4n) is 6.78. The second-order valence-corrected chi connectivity index (χ2v) is 13.3. The van der Waals surface area contributed by atoms with Gasteiger partial charge in [0.15, 0.2) is 0 Å². The van der Waals surface area contributed by atoms with Gasteiger partial charge in [-0.25, -0.2) is 4.98 Å². The molecule has 1 aromatic heterocycles. The molecule has 0 spiro atoms. The van der Waals surface area contributed by atoms with Gasteiger partial charge in [0.2, 0.25) is 0 Å². The van der Waals surface area contributed by atoms with Gasteiger partial charge in [-0.3, -0.25) is 9.59 Å². The van der Waals surface area contributed by atoms with E-state index >= 15 is 0 Å². The molecule has 194 valence electrons. The number of carbonyl (C=O) groups excluding carboxylic acids is 2. The molecule has 0 bridgehead atoms. The first-order chi connectivity index (χ1) is 16.5. The Morgan fingerprint density at radius 1 is 1.11 bits per heavy atom. The van der Waals surface area contributed by atoms with Crippen LogP contribution in [0.3, 0.4) is 0 Å². The van der Waals surface area contributed by atoms with Crippen molar-refractivity contribution < 1.29 is 19.4 Å². The summed E-state index contributed by atoms with van der Waals surface area (Å²) in [6.45, 7) is 11.7. The summed E-state index contributed by atoms with van der Waals surface area (Å²) in [5.74, 6) is 2.91. The quantitative estimate of drug-likeness (QED) is 0.486. The van der Waals surface area contributed by atoms with Crippen molar-refractivity contribution in [2.45, 2.75) is 98.7 Å². The van der Waals surface area contributed by atoms with E-state index in [2.05, 4.69) is 11.9 Å². The lowest BCUT2D eigenvalue weighted by Crippen LogP contribution is -2.42. The number of aliphatic hydroxyl groups is 1. The van der Waals surface area contributed by atoms with Crippen LogP contribution < -0.4 is 0 Å². The number of aromatic nitrogens is 1. The Morgan fingerprint density at radius 2 is 1.80 bits per heavy atom. The molecule has 1 saturated heterocycles. The molecule has 6 heteroatoms.